The molecular weight excluding hydrogens is 446 g/mol. The number of aromatic nitrogens is 2. The summed E-state index contributed by atoms with van der Waals surface area (Å²) in [6.45, 7) is 1.80. The van der Waals surface area contributed by atoms with Crippen LogP contribution < -0.4 is 15.0 Å². The summed E-state index contributed by atoms with van der Waals surface area (Å²) in [6, 6.07) is 13.3. The average Bonchev–Trinajstić information content (AvgIpc) is 2.67. The molecule has 28 heavy (non-hydrogen) atoms. The van der Waals surface area contributed by atoms with Crippen molar-refractivity contribution in [2.24, 2.45) is 0 Å². The highest BCUT2D eigenvalue weighted by Crippen LogP contribution is 2.25. The molecule has 0 fully saturated rings. The number of sulfonamides is 1. The summed E-state index contributed by atoms with van der Waals surface area (Å²) >= 11 is 3.38. The molecule has 3 rings (SSSR count). The van der Waals surface area contributed by atoms with Gasteiger partial charge in [0.05, 0.1) is 17.7 Å². The van der Waals surface area contributed by atoms with Gasteiger partial charge in [-0.15, -0.1) is 0 Å². The normalized spacial score (nSPS) is 11.4. The van der Waals surface area contributed by atoms with Crippen LogP contribution >= 0.6 is 15.9 Å². The van der Waals surface area contributed by atoms with Gasteiger partial charge in [-0.2, -0.15) is 5.10 Å². The van der Waals surface area contributed by atoms with E-state index in [2.05, 4.69) is 30.8 Å². The molecule has 0 aliphatic carbocycles. The molecule has 0 saturated carbocycles. The smallest absolute Gasteiger partial charge is 0.264 e. The largest absolute Gasteiger partial charge is 0.496 e. The van der Waals surface area contributed by atoms with Gasteiger partial charge in [-0.05, 0) is 42.8 Å². The lowest BCUT2D eigenvalue weighted by molar-refractivity contribution is 0.409. The van der Waals surface area contributed by atoms with Gasteiger partial charge in [-0.3, -0.25) is 4.79 Å². The van der Waals surface area contributed by atoms with Gasteiger partial charge in [0.2, 0.25) is 10.0 Å². The lowest BCUT2D eigenvalue weighted by atomic mass is 10.1. The summed E-state index contributed by atoms with van der Waals surface area (Å²) in [5.74, 6) is 0.591. The number of hydrogen-bond acceptors (Lipinski definition) is 5. The SMILES string of the molecule is COc1ccc(Br)cc1CNS(=O)(=O)c1cc(-c2ccc(=O)[nH]n2)ccc1C. The van der Waals surface area contributed by atoms with Crippen molar-refractivity contribution in [1.29, 1.82) is 0 Å². The Bertz CT molecular complexity index is 1160. The Balaban J connectivity index is 1.91. The van der Waals surface area contributed by atoms with E-state index in [1.165, 1.54) is 19.2 Å². The summed E-state index contributed by atoms with van der Waals surface area (Å²) < 4.78 is 34.5. The standard InChI is InChI=1S/C19H18BrN3O4S/c1-12-3-4-13(16-6-8-19(24)23-22-16)10-18(12)28(25,26)21-11-14-9-15(20)5-7-17(14)27-2/h3-10,21H,11H2,1-2H3,(H,23,24). The third-order valence-corrected chi connectivity index (χ3v) is 6.18. The second-order valence-corrected chi connectivity index (χ2v) is 8.72. The van der Waals surface area contributed by atoms with E-state index in [1.54, 1.807) is 37.3 Å². The van der Waals surface area contributed by atoms with Gasteiger partial charge >= 0.3 is 0 Å². The van der Waals surface area contributed by atoms with Gasteiger partial charge in [-0.25, -0.2) is 18.2 Å². The molecule has 0 radical (unpaired) electrons. The molecule has 1 heterocycles. The van der Waals surface area contributed by atoms with Gasteiger partial charge < -0.3 is 4.74 Å². The zero-order chi connectivity index (χ0) is 20.3. The maximum Gasteiger partial charge on any atom is 0.264 e. The van der Waals surface area contributed by atoms with E-state index in [4.69, 9.17) is 4.74 Å². The highest BCUT2D eigenvalue weighted by molar-refractivity contribution is 9.10. The van der Waals surface area contributed by atoms with Crippen molar-refractivity contribution in [3.05, 3.63) is 74.5 Å². The number of hydrogen-bond donors (Lipinski definition) is 2. The van der Waals surface area contributed by atoms with Crippen molar-refractivity contribution in [3.63, 3.8) is 0 Å². The number of nitrogens with one attached hydrogen (secondary N) is 2. The van der Waals surface area contributed by atoms with E-state index < -0.39 is 10.0 Å². The van der Waals surface area contributed by atoms with Gasteiger partial charge in [0, 0.05) is 28.2 Å². The topological polar surface area (TPSA) is 101 Å². The third kappa shape index (κ3) is 4.49. The Morgan fingerprint density at radius 3 is 2.61 bits per heavy atom. The number of methoxy groups -OCH3 is 1. The monoisotopic (exact) mass is 463 g/mol. The highest BCUT2D eigenvalue weighted by atomic mass is 79.9. The maximum atomic E-state index is 12.9. The lowest BCUT2D eigenvalue weighted by Crippen LogP contribution is -2.24. The van der Waals surface area contributed by atoms with Crippen molar-refractivity contribution < 1.29 is 13.2 Å². The first-order valence-electron chi connectivity index (χ1n) is 8.29. The third-order valence-electron chi connectivity index (χ3n) is 4.15. The summed E-state index contributed by atoms with van der Waals surface area (Å²) in [7, 11) is -2.25. The van der Waals surface area contributed by atoms with Crippen LogP contribution in [0.4, 0.5) is 0 Å². The Morgan fingerprint density at radius 1 is 1.14 bits per heavy atom. The lowest BCUT2D eigenvalue weighted by Gasteiger charge is -2.13. The van der Waals surface area contributed by atoms with Crippen LogP contribution in [0.1, 0.15) is 11.1 Å². The van der Waals surface area contributed by atoms with Crippen LogP contribution in [0.5, 0.6) is 5.75 Å². The number of benzene rings is 2. The van der Waals surface area contributed by atoms with Crippen LogP contribution in [-0.2, 0) is 16.6 Å². The minimum atomic E-state index is -3.79. The van der Waals surface area contributed by atoms with E-state index in [-0.39, 0.29) is 17.0 Å². The quantitative estimate of drug-likeness (QED) is 0.584. The molecule has 0 spiro atoms. The first-order valence-corrected chi connectivity index (χ1v) is 10.6. The molecule has 0 aliphatic rings. The van der Waals surface area contributed by atoms with Gasteiger partial charge in [0.1, 0.15) is 5.75 Å². The molecule has 0 saturated heterocycles. The van der Waals surface area contributed by atoms with Gasteiger partial charge in [0.15, 0.2) is 0 Å². The molecule has 0 atom stereocenters. The number of aryl methyl sites for hydroxylation is 1. The molecule has 0 bridgehead atoms. The maximum absolute atomic E-state index is 12.9. The number of halogens is 1. The van der Waals surface area contributed by atoms with E-state index in [9.17, 15) is 13.2 Å². The second-order valence-electron chi connectivity index (χ2n) is 6.07. The highest BCUT2D eigenvalue weighted by Gasteiger charge is 2.19. The van der Waals surface area contributed by atoms with Crippen molar-refractivity contribution in [2.75, 3.05) is 7.11 Å². The Kier molecular flexibility index (Phi) is 5.97. The molecule has 146 valence electrons. The second kappa shape index (κ2) is 8.26. The molecule has 9 heteroatoms. The zero-order valence-corrected chi connectivity index (χ0v) is 17.6. The predicted octanol–water partition coefficient (Wildman–Crippen LogP) is 2.99. The average molecular weight is 464 g/mol. The molecule has 0 aliphatic heterocycles. The Labute approximate surface area is 171 Å². The summed E-state index contributed by atoms with van der Waals surface area (Å²) in [4.78, 5) is 11.3. The minimum Gasteiger partial charge on any atom is -0.496 e. The molecule has 1 aromatic heterocycles. The number of H-pyrrole nitrogens is 1. The van der Waals surface area contributed by atoms with Gasteiger partial charge in [0.25, 0.3) is 5.56 Å². The van der Waals surface area contributed by atoms with Crippen LogP contribution in [0.3, 0.4) is 0 Å². The van der Waals surface area contributed by atoms with Crippen LogP contribution in [0.25, 0.3) is 11.3 Å². The first-order chi connectivity index (χ1) is 13.3. The Morgan fingerprint density at radius 2 is 1.93 bits per heavy atom. The predicted molar refractivity (Wildman–Crippen MR) is 110 cm³/mol. The number of rotatable bonds is 6. The molecule has 2 N–H and O–H groups in total. The van der Waals surface area contributed by atoms with E-state index in [0.717, 1.165) is 4.47 Å². The van der Waals surface area contributed by atoms with Crippen LogP contribution in [0.15, 0.2) is 62.7 Å². The fraction of sp³-hybridized carbons (Fsp3) is 0.158. The number of aromatic amines is 1. The van der Waals surface area contributed by atoms with Crippen molar-refractivity contribution in [1.82, 2.24) is 14.9 Å². The Hall–Kier alpha value is -2.49. The summed E-state index contributed by atoms with van der Waals surface area (Å²) in [6.07, 6.45) is 0. The first kappa shape index (κ1) is 20.2. The van der Waals surface area contributed by atoms with E-state index in [0.29, 0.717) is 28.1 Å². The molecule has 7 nitrogen and oxygen atoms in total. The van der Waals surface area contributed by atoms with Crippen molar-refractivity contribution in [2.45, 2.75) is 18.4 Å². The van der Waals surface area contributed by atoms with Crippen LogP contribution in [0, 0.1) is 6.92 Å². The van der Waals surface area contributed by atoms with Gasteiger partial charge in [-0.1, -0.05) is 28.1 Å². The molecule has 0 unspecified atom stereocenters. The molecule has 3 aromatic rings. The van der Waals surface area contributed by atoms with Crippen molar-refractivity contribution in [3.8, 4) is 17.0 Å². The summed E-state index contributed by atoms with van der Waals surface area (Å²) in [5, 5.41) is 6.30. The number of ether oxygens (including phenoxy) is 1. The minimum absolute atomic E-state index is 0.0749. The summed E-state index contributed by atoms with van der Waals surface area (Å²) in [5.41, 5.74) is 2.04. The number of nitrogens with zero attached hydrogens (tertiary/aromatic N) is 1. The molecule has 2 aromatic carbocycles. The van der Waals surface area contributed by atoms with E-state index >= 15 is 0 Å². The fourth-order valence-corrected chi connectivity index (χ4v) is 4.37. The van der Waals surface area contributed by atoms with Crippen molar-refractivity contribution >= 4 is 26.0 Å². The molecular formula is C19H18BrN3O4S. The van der Waals surface area contributed by atoms with Crippen LogP contribution in [0.2, 0.25) is 0 Å². The van der Waals surface area contributed by atoms with Crippen LogP contribution in [-0.4, -0.2) is 25.7 Å². The fourth-order valence-electron chi connectivity index (χ4n) is 2.69. The van der Waals surface area contributed by atoms with E-state index in [1.807, 2.05) is 6.07 Å². The zero-order valence-electron chi connectivity index (χ0n) is 15.2. The molecule has 0 amide bonds.